The number of para-hydroxylation sites is 1. The number of thiazole rings is 1. The van der Waals surface area contributed by atoms with Crippen LogP contribution in [0.5, 0.6) is 5.75 Å². The second-order valence-electron chi connectivity index (χ2n) is 7.71. The quantitative estimate of drug-likeness (QED) is 0.399. The zero-order valence-corrected chi connectivity index (χ0v) is 19.6. The Morgan fingerprint density at radius 1 is 1.12 bits per heavy atom. The number of anilines is 1. The summed E-state index contributed by atoms with van der Waals surface area (Å²) in [7, 11) is 3.99. The van der Waals surface area contributed by atoms with E-state index in [1.807, 2.05) is 76.5 Å². The van der Waals surface area contributed by atoms with Crippen LogP contribution in [0.1, 0.15) is 23.0 Å². The zero-order chi connectivity index (χ0) is 22.7. The molecule has 2 aromatic heterocycles. The molecule has 4 rings (SSSR count). The summed E-state index contributed by atoms with van der Waals surface area (Å²) in [6, 6.07) is 15.7. The van der Waals surface area contributed by atoms with Gasteiger partial charge in [0.15, 0.2) is 5.13 Å². The summed E-state index contributed by atoms with van der Waals surface area (Å²) in [5, 5.41) is 5.15. The van der Waals surface area contributed by atoms with Crippen LogP contribution in [0.2, 0.25) is 0 Å². The number of rotatable bonds is 8. The Labute approximate surface area is 191 Å². The monoisotopic (exact) mass is 449 g/mol. The summed E-state index contributed by atoms with van der Waals surface area (Å²) >= 11 is 1.50. The first-order valence-corrected chi connectivity index (χ1v) is 11.4. The second kappa shape index (κ2) is 9.50. The lowest BCUT2D eigenvalue weighted by molar-refractivity contribution is 0.0984. The van der Waals surface area contributed by atoms with E-state index in [0.29, 0.717) is 23.8 Å². The third-order valence-electron chi connectivity index (χ3n) is 5.15. The van der Waals surface area contributed by atoms with Crippen LogP contribution in [0.15, 0.2) is 54.7 Å². The van der Waals surface area contributed by atoms with Crippen molar-refractivity contribution in [2.75, 3.05) is 38.7 Å². The number of carbonyl (C=O) groups is 1. The molecule has 0 radical (unpaired) electrons. The molecule has 0 N–H and O–H groups in total. The molecule has 7 nitrogen and oxygen atoms in total. The molecule has 0 bridgehead atoms. The first-order chi connectivity index (χ1) is 15.5. The minimum absolute atomic E-state index is 0.101. The van der Waals surface area contributed by atoms with E-state index in [1.54, 1.807) is 15.8 Å². The van der Waals surface area contributed by atoms with E-state index in [4.69, 9.17) is 9.72 Å². The van der Waals surface area contributed by atoms with Gasteiger partial charge in [0, 0.05) is 13.1 Å². The fourth-order valence-corrected chi connectivity index (χ4v) is 4.46. The number of carbonyl (C=O) groups excluding carboxylic acids is 1. The van der Waals surface area contributed by atoms with Gasteiger partial charge < -0.3 is 9.64 Å². The summed E-state index contributed by atoms with van der Waals surface area (Å²) in [4.78, 5) is 22.2. The number of ether oxygens (including phenoxy) is 1. The summed E-state index contributed by atoms with van der Waals surface area (Å²) in [5.41, 5.74) is 3.15. The molecule has 0 aliphatic heterocycles. The third kappa shape index (κ3) is 4.51. The van der Waals surface area contributed by atoms with Crippen LogP contribution >= 0.6 is 11.3 Å². The van der Waals surface area contributed by atoms with Crippen molar-refractivity contribution < 1.29 is 9.53 Å². The SMILES string of the molecule is CCOc1ccc2nc(N(CCN(C)C)C(=O)c3cnn(-c4ccccc4)c3C)sc2c1. The average molecular weight is 450 g/mol. The highest BCUT2D eigenvalue weighted by molar-refractivity contribution is 7.22. The molecular weight excluding hydrogens is 422 g/mol. The van der Waals surface area contributed by atoms with Gasteiger partial charge in [0.25, 0.3) is 5.91 Å². The normalized spacial score (nSPS) is 11.3. The first-order valence-electron chi connectivity index (χ1n) is 10.6. The average Bonchev–Trinajstić information content (AvgIpc) is 3.37. The lowest BCUT2D eigenvalue weighted by atomic mass is 10.2. The number of hydrogen-bond donors (Lipinski definition) is 0. The third-order valence-corrected chi connectivity index (χ3v) is 6.19. The predicted octanol–water partition coefficient (Wildman–Crippen LogP) is 4.40. The van der Waals surface area contributed by atoms with Crippen molar-refractivity contribution in [3.8, 4) is 11.4 Å². The second-order valence-corrected chi connectivity index (χ2v) is 8.72. The summed E-state index contributed by atoms with van der Waals surface area (Å²) in [5.74, 6) is 0.706. The molecule has 2 aromatic carbocycles. The molecule has 0 fully saturated rings. The molecular formula is C24H27N5O2S. The van der Waals surface area contributed by atoms with Crippen molar-refractivity contribution in [3.63, 3.8) is 0 Å². The van der Waals surface area contributed by atoms with Crippen LogP contribution < -0.4 is 9.64 Å². The molecule has 32 heavy (non-hydrogen) atoms. The number of amides is 1. The summed E-state index contributed by atoms with van der Waals surface area (Å²) < 4.78 is 8.41. The maximum Gasteiger partial charge on any atom is 0.263 e. The van der Waals surface area contributed by atoms with Gasteiger partial charge >= 0.3 is 0 Å². The van der Waals surface area contributed by atoms with Gasteiger partial charge in [-0.15, -0.1) is 0 Å². The van der Waals surface area contributed by atoms with E-state index in [0.717, 1.165) is 33.9 Å². The largest absolute Gasteiger partial charge is 0.494 e. The molecule has 1 amide bonds. The molecule has 0 unspecified atom stereocenters. The Bertz CT molecular complexity index is 1220. The summed E-state index contributed by atoms with van der Waals surface area (Å²) in [6.45, 7) is 5.74. The number of fused-ring (bicyclic) bond motifs is 1. The fourth-order valence-electron chi connectivity index (χ4n) is 3.44. The van der Waals surface area contributed by atoms with Crippen LogP contribution in [0, 0.1) is 6.92 Å². The Kier molecular flexibility index (Phi) is 6.53. The van der Waals surface area contributed by atoms with E-state index in [1.165, 1.54) is 11.3 Å². The van der Waals surface area contributed by atoms with Gasteiger partial charge in [-0.05, 0) is 58.3 Å². The minimum Gasteiger partial charge on any atom is -0.494 e. The zero-order valence-electron chi connectivity index (χ0n) is 18.8. The van der Waals surface area contributed by atoms with Gasteiger partial charge in [0.1, 0.15) is 5.75 Å². The Morgan fingerprint density at radius 2 is 1.91 bits per heavy atom. The number of hydrogen-bond acceptors (Lipinski definition) is 6. The predicted molar refractivity (Wildman–Crippen MR) is 129 cm³/mol. The molecule has 0 atom stereocenters. The first kappa shape index (κ1) is 22.0. The van der Waals surface area contributed by atoms with Crippen molar-refractivity contribution in [2.24, 2.45) is 0 Å². The highest BCUT2D eigenvalue weighted by Gasteiger charge is 2.25. The van der Waals surface area contributed by atoms with Crippen molar-refractivity contribution in [3.05, 3.63) is 66.0 Å². The van der Waals surface area contributed by atoms with Crippen molar-refractivity contribution in [1.29, 1.82) is 0 Å². The molecule has 0 aliphatic carbocycles. The van der Waals surface area contributed by atoms with Crippen molar-refractivity contribution in [1.82, 2.24) is 19.7 Å². The number of nitrogens with zero attached hydrogens (tertiary/aromatic N) is 5. The lowest BCUT2D eigenvalue weighted by Gasteiger charge is -2.21. The number of benzene rings is 2. The van der Waals surface area contributed by atoms with Crippen molar-refractivity contribution >= 4 is 32.6 Å². The van der Waals surface area contributed by atoms with Crippen LogP contribution in [-0.4, -0.2) is 59.4 Å². The van der Waals surface area contributed by atoms with Crippen molar-refractivity contribution in [2.45, 2.75) is 13.8 Å². The highest BCUT2D eigenvalue weighted by Crippen LogP contribution is 2.32. The minimum atomic E-state index is -0.101. The topological polar surface area (TPSA) is 63.5 Å². The van der Waals surface area contributed by atoms with E-state index in [-0.39, 0.29) is 5.91 Å². The lowest BCUT2D eigenvalue weighted by Crippen LogP contribution is -2.37. The van der Waals surface area contributed by atoms with E-state index < -0.39 is 0 Å². The maximum atomic E-state index is 13.7. The van der Waals surface area contributed by atoms with Crippen LogP contribution in [0.25, 0.3) is 15.9 Å². The Morgan fingerprint density at radius 3 is 2.62 bits per heavy atom. The molecule has 8 heteroatoms. The standard InChI is InChI=1S/C24H27N5O2S/c1-5-31-19-11-12-21-22(15-19)32-24(26-21)28(14-13-27(3)4)23(30)20-16-25-29(17(20)2)18-9-7-6-8-10-18/h6-12,15-16H,5,13-14H2,1-4H3. The van der Waals surface area contributed by atoms with Crippen LogP contribution in [0.4, 0.5) is 5.13 Å². The number of aromatic nitrogens is 3. The van der Waals surface area contributed by atoms with Gasteiger partial charge in [-0.1, -0.05) is 29.5 Å². The van der Waals surface area contributed by atoms with Gasteiger partial charge in [-0.25, -0.2) is 9.67 Å². The van der Waals surface area contributed by atoms with Crippen LogP contribution in [-0.2, 0) is 0 Å². The molecule has 0 spiro atoms. The molecule has 166 valence electrons. The van der Waals surface area contributed by atoms with E-state index in [9.17, 15) is 4.79 Å². The molecule has 2 heterocycles. The van der Waals surface area contributed by atoms with E-state index in [2.05, 4.69) is 10.00 Å². The Balaban J connectivity index is 1.70. The van der Waals surface area contributed by atoms with Gasteiger partial charge in [-0.3, -0.25) is 9.69 Å². The van der Waals surface area contributed by atoms with Gasteiger partial charge in [-0.2, -0.15) is 5.10 Å². The molecule has 0 saturated heterocycles. The van der Waals surface area contributed by atoms with Gasteiger partial charge in [0.2, 0.25) is 0 Å². The molecule has 0 aliphatic rings. The van der Waals surface area contributed by atoms with Crippen LogP contribution in [0.3, 0.4) is 0 Å². The molecule has 0 saturated carbocycles. The highest BCUT2D eigenvalue weighted by atomic mass is 32.1. The van der Waals surface area contributed by atoms with E-state index >= 15 is 0 Å². The molecule has 4 aromatic rings. The fraction of sp³-hybridized carbons (Fsp3) is 0.292. The summed E-state index contributed by atoms with van der Waals surface area (Å²) in [6.07, 6.45) is 1.65. The maximum absolute atomic E-state index is 13.7. The Hall–Kier alpha value is -3.23. The smallest absolute Gasteiger partial charge is 0.263 e. The number of likely N-dealkylation sites (N-methyl/N-ethyl adjacent to an activating group) is 1. The van der Waals surface area contributed by atoms with Gasteiger partial charge in [0.05, 0.1) is 40.0 Å².